The number of benzene rings is 1. The first-order valence-corrected chi connectivity index (χ1v) is 9.05. The third-order valence-electron chi connectivity index (χ3n) is 3.34. The average Bonchev–Trinajstić information content (AvgIpc) is 2.43. The molecule has 0 radical (unpaired) electrons. The van der Waals surface area contributed by atoms with Crippen LogP contribution in [0.15, 0.2) is 36.5 Å². The molecular formula is C16H21N3O3S. The van der Waals surface area contributed by atoms with E-state index in [0.29, 0.717) is 11.2 Å². The molecule has 0 spiro atoms. The Hall–Kier alpha value is -1.99. The maximum atomic E-state index is 12.3. The van der Waals surface area contributed by atoms with Crippen LogP contribution in [0.4, 0.5) is 5.69 Å². The van der Waals surface area contributed by atoms with Crippen LogP contribution < -0.4 is 5.32 Å². The minimum atomic E-state index is -3.50. The molecule has 2 rings (SSSR count). The quantitative estimate of drug-likeness (QED) is 0.929. The van der Waals surface area contributed by atoms with Crippen LogP contribution in [0.5, 0.6) is 0 Å². The molecule has 6 nitrogen and oxygen atoms in total. The van der Waals surface area contributed by atoms with Crippen LogP contribution in [0.1, 0.15) is 20.8 Å². The van der Waals surface area contributed by atoms with Gasteiger partial charge in [0.05, 0.1) is 24.0 Å². The Morgan fingerprint density at radius 2 is 1.87 bits per heavy atom. The Bertz CT molecular complexity index is 821. The topological polar surface area (TPSA) is 79.4 Å². The lowest BCUT2D eigenvalue weighted by atomic mass is 10.1. The summed E-state index contributed by atoms with van der Waals surface area (Å²) in [6.45, 7) is 5.01. The molecule has 1 aromatic heterocycles. The van der Waals surface area contributed by atoms with E-state index in [2.05, 4.69) is 10.3 Å². The lowest BCUT2D eigenvalue weighted by molar-refractivity contribution is -0.117. The SMILES string of the molecule is CC(C)(C)N(CC(=O)Nc1cccc2cccnc12)S(C)(=O)=O. The van der Waals surface area contributed by atoms with Crippen molar-refractivity contribution in [2.45, 2.75) is 26.3 Å². The number of amides is 1. The molecule has 124 valence electrons. The standard InChI is InChI=1S/C16H21N3O3S/c1-16(2,3)19(23(4,21)22)11-14(20)18-13-9-5-7-12-8-6-10-17-15(12)13/h5-10H,11H2,1-4H3,(H,18,20). The molecule has 2 aromatic rings. The number of nitrogens with one attached hydrogen (secondary N) is 1. The van der Waals surface area contributed by atoms with Gasteiger partial charge in [-0.05, 0) is 32.9 Å². The molecule has 1 amide bonds. The number of fused-ring (bicyclic) bond motifs is 1. The van der Waals surface area contributed by atoms with Crippen LogP contribution in [-0.2, 0) is 14.8 Å². The van der Waals surface area contributed by atoms with E-state index in [1.807, 2.05) is 24.3 Å². The van der Waals surface area contributed by atoms with Gasteiger partial charge in [0.1, 0.15) is 0 Å². The fraction of sp³-hybridized carbons (Fsp3) is 0.375. The predicted molar refractivity (Wildman–Crippen MR) is 91.7 cm³/mol. The molecule has 0 saturated carbocycles. The molecule has 0 aliphatic heterocycles. The summed E-state index contributed by atoms with van der Waals surface area (Å²) in [5, 5.41) is 3.66. The summed E-state index contributed by atoms with van der Waals surface area (Å²) in [6.07, 6.45) is 2.75. The van der Waals surface area contributed by atoms with E-state index in [4.69, 9.17) is 0 Å². The van der Waals surface area contributed by atoms with Gasteiger partial charge in [0.2, 0.25) is 15.9 Å². The molecular weight excluding hydrogens is 314 g/mol. The second-order valence-electron chi connectivity index (χ2n) is 6.37. The van der Waals surface area contributed by atoms with Crippen LogP contribution in [0.3, 0.4) is 0 Å². The summed E-state index contributed by atoms with van der Waals surface area (Å²) in [7, 11) is -3.50. The fourth-order valence-electron chi connectivity index (χ4n) is 2.38. The number of pyridine rings is 1. The molecule has 1 N–H and O–H groups in total. The van der Waals surface area contributed by atoms with Gasteiger partial charge in [-0.2, -0.15) is 4.31 Å². The number of nitrogens with zero attached hydrogens (tertiary/aromatic N) is 2. The van der Waals surface area contributed by atoms with Crippen molar-refractivity contribution in [1.29, 1.82) is 0 Å². The first-order valence-electron chi connectivity index (χ1n) is 7.20. The number of para-hydroxylation sites is 1. The summed E-state index contributed by atoms with van der Waals surface area (Å²) >= 11 is 0. The van der Waals surface area contributed by atoms with Gasteiger partial charge in [0, 0.05) is 17.1 Å². The van der Waals surface area contributed by atoms with Crippen molar-refractivity contribution in [2.75, 3.05) is 18.1 Å². The highest BCUT2D eigenvalue weighted by Crippen LogP contribution is 2.21. The van der Waals surface area contributed by atoms with Gasteiger partial charge < -0.3 is 5.32 Å². The largest absolute Gasteiger partial charge is 0.323 e. The zero-order chi connectivity index (χ0) is 17.3. The van der Waals surface area contributed by atoms with Gasteiger partial charge in [-0.1, -0.05) is 18.2 Å². The van der Waals surface area contributed by atoms with Gasteiger partial charge in [-0.3, -0.25) is 9.78 Å². The summed E-state index contributed by atoms with van der Waals surface area (Å²) in [6, 6.07) is 9.18. The average molecular weight is 335 g/mol. The zero-order valence-electron chi connectivity index (χ0n) is 13.7. The minimum Gasteiger partial charge on any atom is -0.323 e. The van der Waals surface area contributed by atoms with Crippen LogP contribution in [0.25, 0.3) is 10.9 Å². The number of sulfonamides is 1. The molecule has 0 atom stereocenters. The molecule has 0 aliphatic carbocycles. The zero-order valence-corrected chi connectivity index (χ0v) is 14.5. The molecule has 23 heavy (non-hydrogen) atoms. The molecule has 0 bridgehead atoms. The van der Waals surface area contributed by atoms with Crippen molar-refractivity contribution in [1.82, 2.24) is 9.29 Å². The van der Waals surface area contributed by atoms with Gasteiger partial charge in [0.25, 0.3) is 0 Å². The highest BCUT2D eigenvalue weighted by molar-refractivity contribution is 7.88. The van der Waals surface area contributed by atoms with E-state index >= 15 is 0 Å². The Morgan fingerprint density at radius 1 is 1.22 bits per heavy atom. The van der Waals surface area contributed by atoms with Crippen molar-refractivity contribution in [3.05, 3.63) is 36.5 Å². The molecule has 1 aromatic carbocycles. The van der Waals surface area contributed by atoms with Gasteiger partial charge in [0.15, 0.2) is 0 Å². The van der Waals surface area contributed by atoms with Crippen molar-refractivity contribution >= 4 is 32.5 Å². The maximum Gasteiger partial charge on any atom is 0.239 e. The predicted octanol–water partition coefficient (Wildman–Crippen LogP) is 2.23. The van der Waals surface area contributed by atoms with E-state index in [-0.39, 0.29) is 6.54 Å². The molecule has 0 saturated heterocycles. The lowest BCUT2D eigenvalue weighted by Crippen LogP contribution is -2.48. The number of carbonyl (C=O) groups is 1. The van der Waals surface area contributed by atoms with E-state index in [9.17, 15) is 13.2 Å². The van der Waals surface area contributed by atoms with Gasteiger partial charge in [-0.15, -0.1) is 0 Å². The van der Waals surface area contributed by atoms with E-state index in [1.165, 1.54) is 4.31 Å². The number of carbonyl (C=O) groups excluding carboxylic acids is 1. The molecule has 1 heterocycles. The number of rotatable bonds is 4. The highest BCUT2D eigenvalue weighted by atomic mass is 32.2. The molecule has 0 unspecified atom stereocenters. The summed E-state index contributed by atoms with van der Waals surface area (Å²) in [4.78, 5) is 16.6. The second kappa shape index (κ2) is 6.25. The first-order chi connectivity index (χ1) is 10.6. The summed E-state index contributed by atoms with van der Waals surface area (Å²) in [5.74, 6) is -0.400. The minimum absolute atomic E-state index is 0.244. The number of anilines is 1. The van der Waals surface area contributed by atoms with Crippen LogP contribution in [0, 0.1) is 0 Å². The van der Waals surface area contributed by atoms with Gasteiger partial charge in [-0.25, -0.2) is 8.42 Å². The second-order valence-corrected chi connectivity index (χ2v) is 8.28. The maximum absolute atomic E-state index is 12.3. The van der Waals surface area contributed by atoms with Crippen LogP contribution in [0.2, 0.25) is 0 Å². The van der Waals surface area contributed by atoms with Crippen molar-refractivity contribution in [3.8, 4) is 0 Å². The molecule has 7 heteroatoms. The first kappa shape index (κ1) is 17.4. The Balaban J connectivity index is 2.24. The van der Waals surface area contributed by atoms with E-state index in [1.54, 1.807) is 33.0 Å². The Labute approximate surface area is 136 Å². The third-order valence-corrected chi connectivity index (χ3v) is 4.82. The number of hydrogen-bond donors (Lipinski definition) is 1. The third kappa shape index (κ3) is 4.27. The smallest absolute Gasteiger partial charge is 0.239 e. The number of hydrogen-bond acceptors (Lipinski definition) is 4. The normalized spacial score (nSPS) is 12.6. The molecule has 0 aliphatic rings. The Morgan fingerprint density at radius 3 is 2.48 bits per heavy atom. The summed E-state index contributed by atoms with van der Waals surface area (Å²) in [5.41, 5.74) is 0.558. The van der Waals surface area contributed by atoms with Crippen LogP contribution >= 0.6 is 0 Å². The van der Waals surface area contributed by atoms with Crippen LogP contribution in [-0.4, -0.2) is 42.0 Å². The van der Waals surface area contributed by atoms with E-state index < -0.39 is 21.5 Å². The van der Waals surface area contributed by atoms with E-state index in [0.717, 1.165) is 11.6 Å². The van der Waals surface area contributed by atoms with Crippen molar-refractivity contribution < 1.29 is 13.2 Å². The fourth-order valence-corrected chi connectivity index (χ4v) is 3.72. The van der Waals surface area contributed by atoms with Crippen molar-refractivity contribution in [3.63, 3.8) is 0 Å². The van der Waals surface area contributed by atoms with Gasteiger partial charge >= 0.3 is 0 Å². The number of aromatic nitrogens is 1. The highest BCUT2D eigenvalue weighted by Gasteiger charge is 2.31. The Kier molecular flexibility index (Phi) is 4.72. The lowest BCUT2D eigenvalue weighted by Gasteiger charge is -2.32. The monoisotopic (exact) mass is 335 g/mol. The van der Waals surface area contributed by atoms with Crippen molar-refractivity contribution in [2.24, 2.45) is 0 Å². The summed E-state index contributed by atoms with van der Waals surface area (Å²) < 4.78 is 25.0. The molecule has 0 fully saturated rings.